The molecule has 0 aliphatic heterocycles. The van der Waals surface area contributed by atoms with Crippen molar-refractivity contribution in [3.8, 4) is 11.1 Å². The lowest BCUT2D eigenvalue weighted by Gasteiger charge is -2.21. The van der Waals surface area contributed by atoms with Crippen molar-refractivity contribution in [1.82, 2.24) is 0 Å². The van der Waals surface area contributed by atoms with Crippen molar-refractivity contribution < 1.29 is 0 Å². The van der Waals surface area contributed by atoms with Crippen LogP contribution in [0.15, 0.2) is 59.1 Å². The van der Waals surface area contributed by atoms with E-state index in [9.17, 15) is 0 Å². The molecule has 0 aromatic heterocycles. The van der Waals surface area contributed by atoms with Crippen molar-refractivity contribution in [3.63, 3.8) is 0 Å². The third kappa shape index (κ3) is 1.73. The maximum Gasteiger partial charge on any atom is 0.0181 e. The summed E-state index contributed by atoms with van der Waals surface area (Å²) in [5, 5.41) is 2.68. The van der Waals surface area contributed by atoms with Crippen molar-refractivity contribution in [2.45, 2.75) is 12.8 Å². The van der Waals surface area contributed by atoms with Crippen LogP contribution in [0.4, 0.5) is 0 Å². The van der Waals surface area contributed by atoms with Crippen molar-refractivity contribution in [2.24, 2.45) is 0 Å². The van der Waals surface area contributed by atoms with Crippen LogP contribution < -0.4 is 0 Å². The van der Waals surface area contributed by atoms with Crippen LogP contribution in [0.2, 0.25) is 0 Å². The van der Waals surface area contributed by atoms with E-state index in [4.69, 9.17) is 0 Å². The normalized spacial score (nSPS) is 13.1. The molecule has 0 saturated heterocycles. The Kier molecular flexibility index (Phi) is 2.49. The highest BCUT2D eigenvalue weighted by molar-refractivity contribution is 9.10. The van der Waals surface area contributed by atoms with Crippen LogP contribution in [-0.4, -0.2) is 0 Å². The summed E-state index contributed by atoms with van der Waals surface area (Å²) in [6, 6.07) is 19.9. The van der Waals surface area contributed by atoms with Crippen LogP contribution in [0.3, 0.4) is 0 Å². The van der Waals surface area contributed by atoms with E-state index in [0.29, 0.717) is 0 Å². The van der Waals surface area contributed by atoms with Gasteiger partial charge in [0.2, 0.25) is 0 Å². The second kappa shape index (κ2) is 4.21. The minimum absolute atomic E-state index is 1.14. The maximum absolute atomic E-state index is 3.56. The Morgan fingerprint density at radius 2 is 1.63 bits per heavy atom. The smallest absolute Gasteiger partial charge is 0.0181 e. The van der Waals surface area contributed by atoms with Gasteiger partial charge in [0.15, 0.2) is 0 Å². The van der Waals surface area contributed by atoms with Gasteiger partial charge in [0.25, 0.3) is 0 Å². The molecular formula is C18H13Br. The number of aryl methyl sites for hydroxylation is 2. The molecule has 19 heavy (non-hydrogen) atoms. The van der Waals surface area contributed by atoms with E-state index in [0.717, 1.165) is 17.3 Å². The van der Waals surface area contributed by atoms with Crippen LogP contribution in [0.25, 0.3) is 21.9 Å². The molecular weight excluding hydrogens is 296 g/mol. The lowest BCUT2D eigenvalue weighted by Crippen LogP contribution is -2.04. The summed E-state index contributed by atoms with van der Waals surface area (Å²) in [6.45, 7) is 0. The first-order chi connectivity index (χ1) is 9.33. The number of halogens is 1. The first kappa shape index (κ1) is 11.2. The summed E-state index contributed by atoms with van der Waals surface area (Å²) in [7, 11) is 0. The van der Waals surface area contributed by atoms with Gasteiger partial charge in [-0.1, -0.05) is 58.4 Å². The predicted octanol–water partition coefficient (Wildman–Crippen LogP) is 5.37. The average Bonchev–Trinajstić information content (AvgIpc) is 2.46. The molecule has 0 spiro atoms. The molecule has 4 rings (SSSR count). The minimum Gasteiger partial charge on any atom is -0.0620 e. The maximum atomic E-state index is 3.56. The van der Waals surface area contributed by atoms with Gasteiger partial charge in [-0.25, -0.2) is 0 Å². The second-order valence-corrected chi connectivity index (χ2v) is 6.04. The predicted molar refractivity (Wildman–Crippen MR) is 84.5 cm³/mol. The number of fused-ring (bicyclic) bond motifs is 5. The zero-order valence-corrected chi connectivity index (χ0v) is 12.1. The third-order valence-electron chi connectivity index (χ3n) is 4.02. The molecule has 3 aromatic carbocycles. The molecule has 0 N–H and O–H groups in total. The summed E-state index contributed by atoms with van der Waals surface area (Å²) in [6.07, 6.45) is 2.31. The Hall–Kier alpha value is -1.60. The van der Waals surface area contributed by atoms with Crippen molar-refractivity contribution in [2.75, 3.05) is 0 Å². The van der Waals surface area contributed by atoms with Gasteiger partial charge < -0.3 is 0 Å². The standard InChI is InChI=1S/C18H13Br/c19-15-9-10-17-14(11-15)8-7-13-6-5-12-3-1-2-4-16(12)18(13)17/h1-4,7-11H,5-6H2. The molecule has 0 nitrogen and oxygen atoms in total. The Bertz CT molecular complexity index is 787. The highest BCUT2D eigenvalue weighted by Crippen LogP contribution is 2.39. The van der Waals surface area contributed by atoms with Crippen LogP contribution in [0.1, 0.15) is 11.1 Å². The molecule has 0 heterocycles. The van der Waals surface area contributed by atoms with Crippen LogP contribution in [0.5, 0.6) is 0 Å². The molecule has 0 radical (unpaired) electrons. The summed E-state index contributed by atoms with van der Waals surface area (Å²) in [4.78, 5) is 0. The number of benzene rings is 3. The minimum atomic E-state index is 1.14. The lowest BCUT2D eigenvalue weighted by molar-refractivity contribution is 0.945. The van der Waals surface area contributed by atoms with Gasteiger partial charge in [-0.15, -0.1) is 0 Å². The van der Waals surface area contributed by atoms with Gasteiger partial charge in [0, 0.05) is 4.47 Å². The highest BCUT2D eigenvalue weighted by atomic mass is 79.9. The van der Waals surface area contributed by atoms with E-state index >= 15 is 0 Å². The number of hydrogen-bond donors (Lipinski definition) is 0. The zero-order valence-electron chi connectivity index (χ0n) is 10.5. The van der Waals surface area contributed by atoms with E-state index in [1.165, 1.54) is 33.0 Å². The summed E-state index contributed by atoms with van der Waals surface area (Å²) in [5.41, 5.74) is 5.81. The van der Waals surface area contributed by atoms with Gasteiger partial charge >= 0.3 is 0 Å². The molecule has 0 amide bonds. The first-order valence-corrected chi connectivity index (χ1v) is 7.42. The highest BCUT2D eigenvalue weighted by Gasteiger charge is 2.17. The van der Waals surface area contributed by atoms with Gasteiger partial charge in [0.1, 0.15) is 0 Å². The summed E-state index contributed by atoms with van der Waals surface area (Å²) >= 11 is 3.56. The monoisotopic (exact) mass is 308 g/mol. The molecule has 1 aliphatic carbocycles. The quantitative estimate of drug-likeness (QED) is 0.524. The van der Waals surface area contributed by atoms with E-state index < -0.39 is 0 Å². The Morgan fingerprint density at radius 3 is 2.58 bits per heavy atom. The van der Waals surface area contributed by atoms with E-state index in [-0.39, 0.29) is 0 Å². The number of hydrogen-bond acceptors (Lipinski definition) is 0. The van der Waals surface area contributed by atoms with Gasteiger partial charge in [0.05, 0.1) is 0 Å². The lowest BCUT2D eigenvalue weighted by atomic mass is 9.83. The van der Waals surface area contributed by atoms with Crippen LogP contribution >= 0.6 is 15.9 Å². The fourth-order valence-electron chi connectivity index (χ4n) is 3.12. The molecule has 0 unspecified atom stereocenters. The van der Waals surface area contributed by atoms with Crippen LogP contribution in [0, 0.1) is 0 Å². The van der Waals surface area contributed by atoms with E-state index in [2.05, 4.69) is 70.5 Å². The zero-order chi connectivity index (χ0) is 12.8. The first-order valence-electron chi connectivity index (χ1n) is 6.62. The van der Waals surface area contributed by atoms with E-state index in [1.807, 2.05) is 0 Å². The molecule has 92 valence electrons. The topological polar surface area (TPSA) is 0 Å². The van der Waals surface area contributed by atoms with Crippen LogP contribution in [-0.2, 0) is 12.8 Å². The molecule has 0 bridgehead atoms. The molecule has 0 fully saturated rings. The molecule has 3 aromatic rings. The molecule has 0 atom stereocenters. The summed E-state index contributed by atoms with van der Waals surface area (Å²) in [5.74, 6) is 0. The third-order valence-corrected chi connectivity index (χ3v) is 4.51. The second-order valence-electron chi connectivity index (χ2n) is 5.12. The van der Waals surface area contributed by atoms with Gasteiger partial charge in [-0.2, -0.15) is 0 Å². The van der Waals surface area contributed by atoms with Crippen molar-refractivity contribution in [3.05, 3.63) is 70.2 Å². The molecule has 1 heteroatoms. The average molecular weight is 309 g/mol. The fraction of sp³-hybridized carbons (Fsp3) is 0.111. The van der Waals surface area contributed by atoms with Crippen molar-refractivity contribution >= 4 is 26.7 Å². The van der Waals surface area contributed by atoms with Crippen molar-refractivity contribution in [1.29, 1.82) is 0 Å². The van der Waals surface area contributed by atoms with Gasteiger partial charge in [-0.3, -0.25) is 0 Å². The Morgan fingerprint density at radius 1 is 0.789 bits per heavy atom. The molecule has 1 aliphatic rings. The Labute approximate surface area is 121 Å². The Balaban J connectivity index is 2.12. The van der Waals surface area contributed by atoms with E-state index in [1.54, 1.807) is 0 Å². The summed E-state index contributed by atoms with van der Waals surface area (Å²) < 4.78 is 1.14. The fourth-order valence-corrected chi connectivity index (χ4v) is 3.50. The van der Waals surface area contributed by atoms with Gasteiger partial charge in [-0.05, 0) is 58.0 Å². The largest absolute Gasteiger partial charge is 0.0620 e. The SMILES string of the molecule is Brc1ccc2c3c(ccc2c1)CCc1ccccc1-3. The molecule has 0 saturated carbocycles. The number of rotatable bonds is 0.